The molecule has 0 aliphatic heterocycles. The molecule has 0 amide bonds. The highest BCUT2D eigenvalue weighted by atomic mass is 16.3. The highest BCUT2D eigenvalue weighted by molar-refractivity contribution is 6.22. The maximum atomic E-state index is 10.8. The maximum Gasteiger partial charge on any atom is 0.249 e. The van der Waals surface area contributed by atoms with Crippen LogP contribution in [0.2, 0.25) is 0 Å². The van der Waals surface area contributed by atoms with Gasteiger partial charge in [-0.2, -0.15) is 0 Å². The third kappa shape index (κ3) is 0.815. The number of carbonyl (C=O) groups excluding carboxylic acids is 2. The SMILES string of the molecule is NC1=C(O)C(=O)C(N)=C(O)C1=O. The van der Waals surface area contributed by atoms with Crippen molar-refractivity contribution in [1.82, 2.24) is 0 Å². The van der Waals surface area contributed by atoms with Gasteiger partial charge in [-0.3, -0.25) is 9.59 Å². The molecule has 12 heavy (non-hydrogen) atoms. The molecule has 0 saturated heterocycles. The molecule has 6 N–H and O–H groups in total. The van der Waals surface area contributed by atoms with E-state index in [-0.39, 0.29) is 0 Å². The molecule has 0 saturated carbocycles. The number of hydrogen-bond donors (Lipinski definition) is 4. The zero-order valence-corrected chi connectivity index (χ0v) is 5.87. The van der Waals surface area contributed by atoms with E-state index in [1.165, 1.54) is 0 Å². The lowest BCUT2D eigenvalue weighted by molar-refractivity contribution is -0.120. The number of aliphatic hydroxyl groups excluding tert-OH is 2. The van der Waals surface area contributed by atoms with Crippen LogP contribution >= 0.6 is 0 Å². The zero-order chi connectivity index (χ0) is 9.46. The minimum Gasteiger partial charge on any atom is -0.503 e. The molecule has 0 spiro atoms. The highest BCUT2D eigenvalue weighted by Gasteiger charge is 2.31. The molecule has 64 valence electrons. The second-order valence-corrected chi connectivity index (χ2v) is 2.18. The van der Waals surface area contributed by atoms with Crippen molar-refractivity contribution in [3.05, 3.63) is 22.9 Å². The fourth-order valence-electron chi connectivity index (χ4n) is 0.715. The second kappa shape index (κ2) is 2.26. The average molecular weight is 170 g/mol. The molecule has 0 fully saturated rings. The van der Waals surface area contributed by atoms with Gasteiger partial charge < -0.3 is 21.7 Å². The van der Waals surface area contributed by atoms with Gasteiger partial charge in [0, 0.05) is 0 Å². The number of carbonyl (C=O) groups is 2. The van der Waals surface area contributed by atoms with Gasteiger partial charge in [0.2, 0.25) is 11.6 Å². The Balaban J connectivity index is 3.32. The number of hydrogen-bond acceptors (Lipinski definition) is 6. The molecular weight excluding hydrogens is 164 g/mol. The Morgan fingerprint density at radius 1 is 0.833 bits per heavy atom. The van der Waals surface area contributed by atoms with Crippen LogP contribution in [0.15, 0.2) is 22.9 Å². The smallest absolute Gasteiger partial charge is 0.249 e. The van der Waals surface area contributed by atoms with Crippen molar-refractivity contribution in [2.75, 3.05) is 0 Å². The fourth-order valence-corrected chi connectivity index (χ4v) is 0.715. The summed E-state index contributed by atoms with van der Waals surface area (Å²) in [5, 5.41) is 17.7. The van der Waals surface area contributed by atoms with Crippen LogP contribution in [0.5, 0.6) is 0 Å². The number of aliphatic hydroxyl groups is 2. The first-order chi connectivity index (χ1) is 5.46. The Hall–Kier alpha value is -1.98. The van der Waals surface area contributed by atoms with Gasteiger partial charge in [0.05, 0.1) is 0 Å². The van der Waals surface area contributed by atoms with E-state index >= 15 is 0 Å². The molecule has 1 aliphatic rings. The number of nitrogens with two attached hydrogens (primary N) is 2. The number of rotatable bonds is 0. The molecule has 1 aliphatic carbocycles. The first kappa shape index (κ1) is 8.12. The van der Waals surface area contributed by atoms with Gasteiger partial charge in [-0.05, 0) is 0 Å². The topological polar surface area (TPSA) is 127 Å². The van der Waals surface area contributed by atoms with Crippen LogP contribution < -0.4 is 11.5 Å². The van der Waals surface area contributed by atoms with Gasteiger partial charge in [-0.15, -0.1) is 0 Å². The summed E-state index contributed by atoms with van der Waals surface area (Å²) in [6, 6.07) is 0. The van der Waals surface area contributed by atoms with E-state index in [0.29, 0.717) is 0 Å². The van der Waals surface area contributed by atoms with Crippen LogP contribution in [0.4, 0.5) is 0 Å². The molecule has 6 nitrogen and oxygen atoms in total. The summed E-state index contributed by atoms with van der Waals surface area (Å²) in [6.07, 6.45) is 0. The number of ketones is 2. The lowest BCUT2D eigenvalue weighted by Crippen LogP contribution is -2.31. The minimum atomic E-state index is -1.04. The molecule has 0 aromatic rings. The monoisotopic (exact) mass is 170 g/mol. The van der Waals surface area contributed by atoms with Crippen molar-refractivity contribution in [1.29, 1.82) is 0 Å². The van der Waals surface area contributed by atoms with Crippen molar-refractivity contribution >= 4 is 11.6 Å². The van der Waals surface area contributed by atoms with E-state index in [4.69, 9.17) is 21.7 Å². The summed E-state index contributed by atoms with van der Waals surface area (Å²) in [7, 11) is 0. The van der Waals surface area contributed by atoms with Crippen LogP contribution in [-0.2, 0) is 9.59 Å². The van der Waals surface area contributed by atoms with Crippen molar-refractivity contribution in [3.8, 4) is 0 Å². The predicted octanol–water partition coefficient (Wildman–Crippen LogP) is -1.41. The Bertz CT molecular complexity index is 277. The standard InChI is InChI=1S/C6H6N2O4/c7-1-3(9)5(11)2(8)6(12)4(1)10/h9,12H,7-8H2. The summed E-state index contributed by atoms with van der Waals surface area (Å²) in [5.41, 5.74) is 8.57. The largest absolute Gasteiger partial charge is 0.503 e. The molecule has 0 aromatic heterocycles. The van der Waals surface area contributed by atoms with Crippen LogP contribution in [0.3, 0.4) is 0 Å². The van der Waals surface area contributed by atoms with Crippen LogP contribution in [0.25, 0.3) is 0 Å². The summed E-state index contributed by atoms with van der Waals surface area (Å²) >= 11 is 0. The molecule has 0 radical (unpaired) electrons. The van der Waals surface area contributed by atoms with E-state index in [9.17, 15) is 9.59 Å². The van der Waals surface area contributed by atoms with Crippen LogP contribution in [0, 0.1) is 0 Å². The first-order valence-corrected chi connectivity index (χ1v) is 2.93. The van der Waals surface area contributed by atoms with Gasteiger partial charge >= 0.3 is 0 Å². The van der Waals surface area contributed by atoms with Gasteiger partial charge in [-0.25, -0.2) is 0 Å². The quantitative estimate of drug-likeness (QED) is 0.331. The predicted molar refractivity (Wildman–Crippen MR) is 37.7 cm³/mol. The summed E-state index contributed by atoms with van der Waals surface area (Å²) in [6.45, 7) is 0. The molecule has 0 aromatic carbocycles. The first-order valence-electron chi connectivity index (χ1n) is 2.93. The lowest BCUT2D eigenvalue weighted by Gasteiger charge is -2.11. The molecule has 0 heterocycles. The van der Waals surface area contributed by atoms with Crippen molar-refractivity contribution in [3.63, 3.8) is 0 Å². The second-order valence-electron chi connectivity index (χ2n) is 2.18. The van der Waals surface area contributed by atoms with Gasteiger partial charge in [0.15, 0.2) is 11.5 Å². The van der Waals surface area contributed by atoms with Crippen molar-refractivity contribution in [2.45, 2.75) is 0 Å². The van der Waals surface area contributed by atoms with E-state index in [1.807, 2.05) is 0 Å². The molecule has 6 heteroatoms. The Labute approximate surface area is 66.8 Å². The lowest BCUT2D eigenvalue weighted by atomic mass is 10.0. The molecule has 1 rings (SSSR count). The summed E-state index contributed by atoms with van der Waals surface area (Å²) in [5.74, 6) is -3.92. The average Bonchev–Trinajstić information content (AvgIpc) is 2.08. The molecule has 0 atom stereocenters. The van der Waals surface area contributed by atoms with Gasteiger partial charge in [0.25, 0.3) is 0 Å². The maximum absolute atomic E-state index is 10.8. The van der Waals surface area contributed by atoms with Crippen molar-refractivity contribution < 1.29 is 19.8 Å². The molecule has 0 unspecified atom stereocenters. The Morgan fingerprint density at radius 2 is 1.08 bits per heavy atom. The third-order valence-corrected chi connectivity index (χ3v) is 1.43. The van der Waals surface area contributed by atoms with Gasteiger partial charge in [0.1, 0.15) is 11.4 Å². The normalized spacial score (nSPS) is 19.0. The van der Waals surface area contributed by atoms with E-state index < -0.39 is 34.5 Å². The minimum absolute atomic E-state index is 0.688. The summed E-state index contributed by atoms with van der Waals surface area (Å²) < 4.78 is 0. The van der Waals surface area contributed by atoms with Gasteiger partial charge in [-0.1, -0.05) is 0 Å². The third-order valence-electron chi connectivity index (χ3n) is 1.43. The number of Topliss-reactive ketones (excluding diaryl/α,β-unsaturated/α-hetero) is 2. The van der Waals surface area contributed by atoms with E-state index in [0.717, 1.165) is 0 Å². The Morgan fingerprint density at radius 3 is 1.33 bits per heavy atom. The Kier molecular flexibility index (Phi) is 1.53. The summed E-state index contributed by atoms with van der Waals surface area (Å²) in [4.78, 5) is 21.6. The molecular formula is C6H6N2O4. The van der Waals surface area contributed by atoms with E-state index in [1.54, 1.807) is 0 Å². The zero-order valence-electron chi connectivity index (χ0n) is 5.87. The van der Waals surface area contributed by atoms with Crippen LogP contribution in [-0.4, -0.2) is 21.8 Å². The fraction of sp³-hybridized carbons (Fsp3) is 0. The van der Waals surface area contributed by atoms with E-state index in [2.05, 4.69) is 0 Å². The van der Waals surface area contributed by atoms with Crippen molar-refractivity contribution in [2.24, 2.45) is 11.5 Å². The van der Waals surface area contributed by atoms with Crippen LogP contribution in [0.1, 0.15) is 0 Å². The highest BCUT2D eigenvalue weighted by Crippen LogP contribution is 2.14. The molecule has 0 bridgehead atoms.